The van der Waals surface area contributed by atoms with Gasteiger partial charge in [0.15, 0.2) is 6.54 Å². The lowest BCUT2D eigenvalue weighted by atomic mass is 10.1. The Hall–Kier alpha value is -1.40. The van der Waals surface area contributed by atoms with Gasteiger partial charge < -0.3 is 15.1 Å². The molecule has 1 saturated heterocycles. The molecule has 1 fully saturated rings. The molecule has 120 valence electrons. The van der Waals surface area contributed by atoms with Crippen molar-refractivity contribution in [2.24, 2.45) is 0 Å². The summed E-state index contributed by atoms with van der Waals surface area (Å²) in [6.07, 6.45) is 0. The van der Waals surface area contributed by atoms with Crippen LogP contribution in [-0.2, 0) is 9.59 Å². The molecule has 0 bridgehead atoms. The van der Waals surface area contributed by atoms with Gasteiger partial charge in [0.2, 0.25) is 5.91 Å². The predicted molar refractivity (Wildman–Crippen MR) is 88.5 cm³/mol. The highest BCUT2D eigenvalue weighted by Crippen LogP contribution is 2.22. The molecule has 1 aliphatic rings. The predicted octanol–water partition coefficient (Wildman–Crippen LogP) is 0.373. The molecular weight excluding hydrogens is 346 g/mol. The van der Waals surface area contributed by atoms with Crippen molar-refractivity contribution in [3.63, 3.8) is 0 Å². The Morgan fingerprint density at radius 1 is 1.32 bits per heavy atom. The van der Waals surface area contributed by atoms with Crippen LogP contribution in [-0.4, -0.2) is 49.4 Å². The van der Waals surface area contributed by atoms with Crippen molar-refractivity contribution in [3.8, 4) is 0 Å². The lowest BCUT2D eigenvalue weighted by Gasteiger charge is -2.31. The molecular formula is C16H23BrN3O2+. The molecule has 0 aromatic heterocycles. The second kappa shape index (κ2) is 7.74. The van der Waals surface area contributed by atoms with Gasteiger partial charge in [0, 0.05) is 11.4 Å². The van der Waals surface area contributed by atoms with Gasteiger partial charge >= 0.3 is 0 Å². The number of rotatable bonds is 4. The molecule has 22 heavy (non-hydrogen) atoms. The van der Waals surface area contributed by atoms with E-state index in [1.165, 1.54) is 4.90 Å². The first-order valence-electron chi connectivity index (χ1n) is 7.60. The van der Waals surface area contributed by atoms with Gasteiger partial charge in [-0.05, 0) is 18.6 Å². The average molecular weight is 369 g/mol. The Morgan fingerprint density at radius 2 is 1.95 bits per heavy atom. The highest BCUT2D eigenvalue weighted by molar-refractivity contribution is 9.10. The number of quaternary nitrogens is 1. The lowest BCUT2D eigenvalue weighted by Crippen LogP contribution is -3.15. The molecule has 1 aliphatic heterocycles. The maximum Gasteiger partial charge on any atom is 0.275 e. The molecule has 1 heterocycles. The van der Waals surface area contributed by atoms with E-state index >= 15 is 0 Å². The number of amides is 2. The van der Waals surface area contributed by atoms with E-state index in [0.29, 0.717) is 6.54 Å². The first-order valence-corrected chi connectivity index (χ1v) is 8.39. The number of hydrogen-bond acceptors (Lipinski definition) is 2. The van der Waals surface area contributed by atoms with Crippen molar-refractivity contribution in [1.82, 2.24) is 10.2 Å². The number of nitrogens with zero attached hydrogens (tertiary/aromatic N) is 1. The molecule has 0 saturated carbocycles. The number of hydrogen-bond donors (Lipinski definition) is 2. The van der Waals surface area contributed by atoms with E-state index < -0.39 is 0 Å². The van der Waals surface area contributed by atoms with Crippen LogP contribution in [0.4, 0.5) is 0 Å². The average Bonchev–Trinajstić information content (AvgIpc) is 2.48. The Balaban J connectivity index is 1.81. The van der Waals surface area contributed by atoms with Gasteiger partial charge in [-0.3, -0.25) is 9.59 Å². The molecule has 2 N–H and O–H groups in total. The number of benzene rings is 1. The van der Waals surface area contributed by atoms with E-state index in [1.807, 2.05) is 36.1 Å². The van der Waals surface area contributed by atoms with Gasteiger partial charge in [0.1, 0.15) is 0 Å². The van der Waals surface area contributed by atoms with Crippen LogP contribution < -0.4 is 10.2 Å². The smallest absolute Gasteiger partial charge is 0.275 e. The molecule has 0 radical (unpaired) electrons. The van der Waals surface area contributed by atoms with Crippen LogP contribution in [0.3, 0.4) is 0 Å². The molecule has 0 unspecified atom stereocenters. The zero-order valence-corrected chi connectivity index (χ0v) is 14.6. The maximum absolute atomic E-state index is 12.2. The van der Waals surface area contributed by atoms with E-state index in [4.69, 9.17) is 0 Å². The summed E-state index contributed by atoms with van der Waals surface area (Å²) in [5.74, 6) is 0.167. The fourth-order valence-electron chi connectivity index (χ4n) is 2.74. The van der Waals surface area contributed by atoms with Gasteiger partial charge in [-0.25, -0.2) is 0 Å². The number of nitrogens with one attached hydrogen (secondary N) is 2. The van der Waals surface area contributed by atoms with Gasteiger partial charge in [0.25, 0.3) is 5.91 Å². The second-order valence-corrected chi connectivity index (χ2v) is 6.60. The Morgan fingerprint density at radius 3 is 2.55 bits per heavy atom. The third-order valence-electron chi connectivity index (χ3n) is 4.08. The van der Waals surface area contributed by atoms with E-state index in [1.54, 1.807) is 6.92 Å². The minimum Gasteiger partial charge on any atom is -0.345 e. The summed E-state index contributed by atoms with van der Waals surface area (Å²) in [4.78, 5) is 26.6. The van der Waals surface area contributed by atoms with E-state index in [-0.39, 0.29) is 17.9 Å². The number of piperazine rings is 1. The van der Waals surface area contributed by atoms with Crippen LogP contribution in [0, 0.1) is 0 Å². The van der Waals surface area contributed by atoms with Gasteiger partial charge in [-0.1, -0.05) is 34.1 Å². The highest BCUT2D eigenvalue weighted by atomic mass is 79.9. The Bertz CT molecular complexity index is 542. The van der Waals surface area contributed by atoms with Crippen LogP contribution in [0.15, 0.2) is 28.7 Å². The first kappa shape index (κ1) is 17.0. The summed E-state index contributed by atoms with van der Waals surface area (Å²) in [5, 5.41) is 3.05. The first-order chi connectivity index (χ1) is 10.5. The topological polar surface area (TPSA) is 53.9 Å². The number of halogens is 1. The summed E-state index contributed by atoms with van der Waals surface area (Å²) in [6.45, 7) is 7.17. The van der Waals surface area contributed by atoms with Crippen LogP contribution in [0.2, 0.25) is 0 Å². The van der Waals surface area contributed by atoms with Gasteiger partial charge in [0.05, 0.1) is 32.2 Å². The zero-order chi connectivity index (χ0) is 16.1. The second-order valence-electron chi connectivity index (χ2n) is 5.74. The summed E-state index contributed by atoms with van der Waals surface area (Å²) >= 11 is 3.51. The van der Waals surface area contributed by atoms with E-state index in [9.17, 15) is 9.59 Å². The summed E-state index contributed by atoms with van der Waals surface area (Å²) in [5.41, 5.74) is 1.08. The fraction of sp³-hybridized carbons (Fsp3) is 0.500. The number of carbonyl (C=O) groups is 2. The molecule has 0 spiro atoms. The van der Waals surface area contributed by atoms with Crippen molar-refractivity contribution >= 4 is 27.7 Å². The molecule has 1 aromatic carbocycles. The molecule has 2 amide bonds. The van der Waals surface area contributed by atoms with E-state index in [0.717, 1.165) is 36.2 Å². The van der Waals surface area contributed by atoms with Crippen molar-refractivity contribution < 1.29 is 14.5 Å². The molecule has 0 aliphatic carbocycles. The summed E-state index contributed by atoms with van der Waals surface area (Å²) < 4.78 is 1.00. The van der Waals surface area contributed by atoms with Crippen LogP contribution in [0.5, 0.6) is 0 Å². The molecule has 2 rings (SSSR count). The third-order valence-corrected chi connectivity index (χ3v) is 4.80. The minimum absolute atomic E-state index is 0.0269. The summed E-state index contributed by atoms with van der Waals surface area (Å²) in [7, 11) is 0. The standard InChI is InChI=1S/C16H22BrN3O2/c1-12(14-5-3-4-6-15(14)17)18-16(22)11-19-7-9-20(10-8-19)13(2)21/h3-6,12H,7-11H2,1-2H3,(H,18,22)/p+1/t12-/m0/s1. The minimum atomic E-state index is -0.0269. The van der Waals surface area contributed by atoms with E-state index in [2.05, 4.69) is 21.2 Å². The Labute approximate surface area is 139 Å². The van der Waals surface area contributed by atoms with Crippen molar-refractivity contribution in [1.29, 1.82) is 0 Å². The normalized spacial score (nSPS) is 17.1. The monoisotopic (exact) mass is 368 g/mol. The quantitative estimate of drug-likeness (QED) is 0.806. The van der Waals surface area contributed by atoms with Crippen molar-refractivity contribution in [3.05, 3.63) is 34.3 Å². The molecule has 6 heteroatoms. The van der Waals surface area contributed by atoms with Crippen LogP contribution in [0.1, 0.15) is 25.5 Å². The fourth-order valence-corrected chi connectivity index (χ4v) is 3.37. The SMILES string of the molecule is CC(=O)N1CC[NH+](CC(=O)N[C@@H](C)c2ccccc2Br)CC1. The zero-order valence-electron chi connectivity index (χ0n) is 13.1. The molecule has 1 aromatic rings. The van der Waals surface area contributed by atoms with Gasteiger partial charge in [-0.2, -0.15) is 0 Å². The largest absolute Gasteiger partial charge is 0.345 e. The van der Waals surface area contributed by atoms with Crippen molar-refractivity contribution in [2.45, 2.75) is 19.9 Å². The highest BCUT2D eigenvalue weighted by Gasteiger charge is 2.24. The third kappa shape index (κ3) is 4.55. The van der Waals surface area contributed by atoms with Crippen LogP contribution in [0.25, 0.3) is 0 Å². The van der Waals surface area contributed by atoms with Crippen molar-refractivity contribution in [2.75, 3.05) is 32.7 Å². The summed E-state index contributed by atoms with van der Waals surface area (Å²) in [6, 6.07) is 7.88. The number of carbonyl (C=O) groups excluding carboxylic acids is 2. The maximum atomic E-state index is 12.2. The van der Waals surface area contributed by atoms with Gasteiger partial charge in [-0.15, -0.1) is 0 Å². The lowest BCUT2D eigenvalue weighted by molar-refractivity contribution is -0.896. The molecule has 1 atom stereocenters. The molecule has 5 nitrogen and oxygen atoms in total. The van der Waals surface area contributed by atoms with Crippen LogP contribution >= 0.6 is 15.9 Å². The Kier molecular flexibility index (Phi) is 5.97.